The highest BCUT2D eigenvalue weighted by molar-refractivity contribution is 6.12. The molecule has 7 nitrogen and oxygen atoms in total. The van der Waals surface area contributed by atoms with E-state index in [1.807, 2.05) is 94.7 Å². The Morgan fingerprint density at radius 3 is 1.57 bits per heavy atom. The standard InChI is InChI=1S/C82H61N5O2/c1-82(2,3)59-48-70(57-28-12-6-13-29-57)81(71(49-59)58-30-14-7-15-31-58)89-64-46-47-83-79(53-64)87-75-45-42-61(86-73-38-18-16-34-67(73)68-35-17-19-39-74(68)86)51-72(75)69-44-43-63(52-78(69)87)88-62-33-22-32-60(50-62)84-54-85(77-41-21-20-40-76(77)84)80-65(55-24-8-4-9-25-55)36-23-37-66(80)56-26-10-5-11-27-56/h4-53H,54H2,1-3H3/i4D,5D,8D,9D,10D,11D,24D,25D,26D,27D. The van der Waals surface area contributed by atoms with E-state index in [0.29, 0.717) is 34.4 Å². The first-order chi connectivity index (χ1) is 47.9. The zero-order valence-corrected chi connectivity index (χ0v) is 48.9. The monoisotopic (exact) mass is 1160 g/mol. The maximum atomic E-state index is 9.19. The molecule has 7 heteroatoms. The Balaban J connectivity index is 0.823. The van der Waals surface area contributed by atoms with Crippen LogP contribution >= 0.6 is 0 Å². The van der Waals surface area contributed by atoms with Gasteiger partial charge in [-0.25, -0.2) is 4.98 Å². The Bertz CT molecular complexity index is 5550. The van der Waals surface area contributed by atoms with Gasteiger partial charge in [-0.05, 0) is 118 Å². The average Bonchev–Trinajstić information content (AvgIpc) is 1.40. The summed E-state index contributed by atoms with van der Waals surface area (Å²) in [4.78, 5) is 9.08. The number of hydrogen-bond acceptors (Lipinski definition) is 5. The fourth-order valence-corrected chi connectivity index (χ4v) is 12.7. The maximum Gasteiger partial charge on any atom is 0.143 e. The number of pyridine rings is 1. The van der Waals surface area contributed by atoms with Gasteiger partial charge in [0.15, 0.2) is 0 Å². The van der Waals surface area contributed by atoms with E-state index in [4.69, 9.17) is 22.7 Å². The fourth-order valence-electron chi connectivity index (χ4n) is 12.7. The molecule has 0 saturated heterocycles. The molecule has 15 aromatic rings. The first-order valence-electron chi connectivity index (χ1n) is 34.6. The van der Waals surface area contributed by atoms with Crippen molar-refractivity contribution in [3.8, 4) is 79.0 Å². The van der Waals surface area contributed by atoms with Crippen LogP contribution in [0.1, 0.15) is 40.0 Å². The van der Waals surface area contributed by atoms with Gasteiger partial charge in [-0.15, -0.1) is 0 Å². The molecule has 0 aliphatic carbocycles. The first kappa shape index (κ1) is 43.2. The van der Waals surface area contributed by atoms with E-state index >= 15 is 0 Å². The number of aromatic nitrogens is 3. The third kappa shape index (κ3) is 9.52. The minimum Gasteiger partial charge on any atom is -0.457 e. The topological polar surface area (TPSA) is 47.7 Å². The van der Waals surface area contributed by atoms with E-state index in [2.05, 4.69) is 163 Å². The lowest BCUT2D eigenvalue weighted by Crippen LogP contribution is -2.24. The van der Waals surface area contributed by atoms with Gasteiger partial charge in [0.05, 0.1) is 52.8 Å². The lowest BCUT2D eigenvalue weighted by Gasteiger charge is -2.27. The van der Waals surface area contributed by atoms with Crippen molar-refractivity contribution in [1.29, 1.82) is 0 Å². The Morgan fingerprint density at radius 1 is 0.382 bits per heavy atom. The summed E-state index contributed by atoms with van der Waals surface area (Å²) < 4.78 is 107. The summed E-state index contributed by atoms with van der Waals surface area (Å²) in [6.07, 6.45) is 1.79. The van der Waals surface area contributed by atoms with Crippen molar-refractivity contribution in [3.63, 3.8) is 0 Å². The number of benzene rings is 12. The van der Waals surface area contributed by atoms with Gasteiger partial charge < -0.3 is 23.8 Å². The third-order valence-electron chi connectivity index (χ3n) is 16.8. The van der Waals surface area contributed by atoms with E-state index in [-0.39, 0.29) is 40.0 Å². The number of hydrogen-bond donors (Lipinski definition) is 0. The van der Waals surface area contributed by atoms with Crippen molar-refractivity contribution in [2.75, 3.05) is 16.5 Å². The molecule has 0 N–H and O–H groups in total. The second-order valence-corrected chi connectivity index (χ2v) is 23.2. The molecular formula is C82H61N5O2. The molecule has 0 amide bonds. The van der Waals surface area contributed by atoms with Crippen LogP contribution in [-0.4, -0.2) is 20.8 Å². The highest BCUT2D eigenvalue weighted by Crippen LogP contribution is 2.51. The minimum atomic E-state index is -0.564. The van der Waals surface area contributed by atoms with Crippen molar-refractivity contribution in [2.24, 2.45) is 0 Å². The zero-order valence-electron chi connectivity index (χ0n) is 58.9. The first-order valence-corrected chi connectivity index (χ1v) is 29.6. The van der Waals surface area contributed by atoms with Crippen LogP contribution in [0.25, 0.3) is 99.6 Å². The Kier molecular flexibility index (Phi) is 10.6. The lowest BCUT2D eigenvalue weighted by molar-refractivity contribution is 0.483. The van der Waals surface area contributed by atoms with Gasteiger partial charge in [0.2, 0.25) is 0 Å². The van der Waals surface area contributed by atoms with Crippen molar-refractivity contribution >= 4 is 66.4 Å². The predicted octanol–water partition coefficient (Wildman–Crippen LogP) is 22.1. The molecule has 0 radical (unpaired) electrons. The van der Waals surface area contributed by atoms with Crippen LogP contribution in [0.5, 0.6) is 23.0 Å². The smallest absolute Gasteiger partial charge is 0.143 e. The van der Waals surface area contributed by atoms with E-state index < -0.39 is 60.4 Å². The van der Waals surface area contributed by atoms with Crippen molar-refractivity contribution in [3.05, 3.63) is 309 Å². The molecule has 0 spiro atoms. The summed E-state index contributed by atoms with van der Waals surface area (Å²) in [6, 6.07) is 73.8. The Labute approximate surface area is 531 Å². The van der Waals surface area contributed by atoms with Crippen molar-refractivity contribution < 1.29 is 23.2 Å². The molecule has 1 aliphatic rings. The quantitative estimate of drug-likeness (QED) is 0.122. The Hall–Kier alpha value is -11.4. The molecule has 4 heterocycles. The SMILES string of the molecule is [2H]c1c([2H])c([2H])c(-c2cccc(-c3c([2H])c([2H])c([2H])c([2H])c3[2H])c2N2CN(c3cccc(Oc4ccc5c6cc(-n7c8ccccc8c8ccccc87)ccc6n(-c6cc(Oc7c(-c8ccccc8)cc(C(C)(C)C)cc7-c7ccccc7)ccn6)c5c4)c3)c3ccccc32)c([2H])c1[2H]. The van der Waals surface area contributed by atoms with Crippen LogP contribution in [0, 0.1) is 0 Å². The summed E-state index contributed by atoms with van der Waals surface area (Å²) in [6.45, 7) is 6.76. The molecule has 89 heavy (non-hydrogen) atoms. The van der Waals surface area contributed by atoms with Gasteiger partial charge in [0.25, 0.3) is 0 Å². The molecule has 12 aromatic carbocycles. The van der Waals surface area contributed by atoms with Gasteiger partial charge in [-0.1, -0.05) is 215 Å². The summed E-state index contributed by atoms with van der Waals surface area (Å²) in [7, 11) is 0. The molecular weight excluding hydrogens is 1090 g/mol. The zero-order chi connectivity index (χ0) is 68.3. The summed E-state index contributed by atoms with van der Waals surface area (Å²) >= 11 is 0. The molecule has 16 rings (SSSR count). The summed E-state index contributed by atoms with van der Waals surface area (Å²) in [5.74, 6) is 2.97. The largest absolute Gasteiger partial charge is 0.457 e. The van der Waals surface area contributed by atoms with Gasteiger partial charge in [0.1, 0.15) is 35.5 Å². The molecule has 0 bridgehead atoms. The van der Waals surface area contributed by atoms with Crippen LogP contribution in [0.2, 0.25) is 0 Å². The van der Waals surface area contributed by atoms with Crippen LogP contribution in [0.4, 0.5) is 22.7 Å². The molecule has 426 valence electrons. The Morgan fingerprint density at radius 2 is 0.933 bits per heavy atom. The highest BCUT2D eigenvalue weighted by atomic mass is 16.5. The maximum absolute atomic E-state index is 9.19. The number of para-hydroxylation sites is 5. The second kappa shape index (κ2) is 21.8. The highest BCUT2D eigenvalue weighted by Gasteiger charge is 2.32. The van der Waals surface area contributed by atoms with E-state index in [0.717, 1.165) is 83.0 Å². The molecule has 0 fully saturated rings. The van der Waals surface area contributed by atoms with Crippen LogP contribution in [-0.2, 0) is 5.41 Å². The van der Waals surface area contributed by atoms with Crippen LogP contribution in [0.15, 0.2) is 303 Å². The third-order valence-corrected chi connectivity index (χ3v) is 16.8. The molecule has 0 unspecified atom stereocenters. The fraction of sp³-hybridized carbons (Fsp3) is 0.0610. The van der Waals surface area contributed by atoms with E-state index in [1.165, 1.54) is 5.56 Å². The lowest BCUT2D eigenvalue weighted by atomic mass is 9.82. The second-order valence-electron chi connectivity index (χ2n) is 23.2. The van der Waals surface area contributed by atoms with E-state index in [1.54, 1.807) is 24.4 Å². The van der Waals surface area contributed by atoms with Gasteiger partial charge in [-0.3, -0.25) is 4.57 Å². The average molecular weight is 1160 g/mol. The van der Waals surface area contributed by atoms with E-state index in [9.17, 15) is 5.48 Å². The number of anilines is 4. The molecule has 0 saturated carbocycles. The number of fused-ring (bicyclic) bond motifs is 7. The number of rotatable bonds is 12. The van der Waals surface area contributed by atoms with Gasteiger partial charge in [-0.2, -0.15) is 0 Å². The molecule has 1 aliphatic heterocycles. The number of nitrogens with zero attached hydrogens (tertiary/aromatic N) is 5. The van der Waals surface area contributed by atoms with Crippen molar-refractivity contribution in [1.82, 2.24) is 14.1 Å². The summed E-state index contributed by atoms with van der Waals surface area (Å²) in [5, 5.41) is 4.26. The normalized spacial score (nSPS) is 13.9. The van der Waals surface area contributed by atoms with Crippen LogP contribution < -0.4 is 19.3 Å². The van der Waals surface area contributed by atoms with Crippen LogP contribution in [0.3, 0.4) is 0 Å². The van der Waals surface area contributed by atoms with Gasteiger partial charge >= 0.3 is 0 Å². The molecule has 0 atom stereocenters. The van der Waals surface area contributed by atoms with Gasteiger partial charge in [0, 0.05) is 79.6 Å². The number of ether oxygens (including phenoxy) is 2. The predicted molar refractivity (Wildman–Crippen MR) is 368 cm³/mol. The molecule has 3 aromatic heterocycles. The van der Waals surface area contributed by atoms with Crippen molar-refractivity contribution in [2.45, 2.75) is 26.2 Å². The minimum absolute atomic E-state index is 0.0753. The summed E-state index contributed by atoms with van der Waals surface area (Å²) in [5.41, 5.74) is 12.4.